The van der Waals surface area contributed by atoms with Crippen LogP contribution in [0.5, 0.6) is 0 Å². The maximum Gasteiger partial charge on any atom is 0.228 e. The van der Waals surface area contributed by atoms with E-state index in [1.165, 1.54) is 0 Å². The first kappa shape index (κ1) is 17.4. The van der Waals surface area contributed by atoms with Crippen LogP contribution in [0.2, 0.25) is 0 Å². The van der Waals surface area contributed by atoms with Gasteiger partial charge in [0.1, 0.15) is 0 Å². The molecule has 0 fully saturated rings. The first-order chi connectivity index (χ1) is 11.0. The molecule has 0 aliphatic heterocycles. The van der Waals surface area contributed by atoms with Crippen LogP contribution in [0.15, 0.2) is 59.5 Å². The Morgan fingerprint density at radius 3 is 2.48 bits per heavy atom. The molecule has 3 unspecified atom stereocenters. The molecule has 0 saturated heterocycles. The van der Waals surface area contributed by atoms with E-state index in [1.807, 2.05) is 61.5 Å². The Bertz CT molecular complexity index is 686. The molecule has 23 heavy (non-hydrogen) atoms. The highest BCUT2D eigenvalue weighted by Gasteiger charge is 2.17. The molecule has 0 saturated carbocycles. The van der Waals surface area contributed by atoms with E-state index in [-0.39, 0.29) is 17.9 Å². The fourth-order valence-electron chi connectivity index (χ4n) is 2.04. The number of hydrogen-bond acceptors (Lipinski definition) is 3. The summed E-state index contributed by atoms with van der Waals surface area (Å²) in [5.74, 6) is 0.0368. The summed E-state index contributed by atoms with van der Waals surface area (Å²) in [7, 11) is -1.10. The summed E-state index contributed by atoms with van der Waals surface area (Å²) in [6.07, 6.45) is 0. The molecule has 122 valence electrons. The summed E-state index contributed by atoms with van der Waals surface area (Å²) in [6.45, 7) is 3.61. The number of nitrogens with two attached hydrogens (primary N) is 1. The van der Waals surface area contributed by atoms with Crippen LogP contribution in [0.25, 0.3) is 0 Å². The van der Waals surface area contributed by atoms with Gasteiger partial charge in [-0.15, -0.1) is 0 Å². The van der Waals surface area contributed by atoms with Gasteiger partial charge in [-0.3, -0.25) is 9.00 Å². The zero-order chi connectivity index (χ0) is 16.8. The van der Waals surface area contributed by atoms with Crippen molar-refractivity contribution in [2.45, 2.75) is 30.5 Å². The predicted molar refractivity (Wildman–Crippen MR) is 94.4 cm³/mol. The molecule has 3 N–H and O–H groups in total. The number of carbonyl (C=O) groups is 1. The Balaban J connectivity index is 2.05. The zero-order valence-corrected chi connectivity index (χ0v) is 14.2. The molecule has 5 heteroatoms. The minimum atomic E-state index is -1.10. The van der Waals surface area contributed by atoms with Crippen molar-refractivity contribution < 1.29 is 9.00 Å². The molecular weight excluding hydrogens is 308 g/mol. The van der Waals surface area contributed by atoms with E-state index in [4.69, 9.17) is 5.73 Å². The van der Waals surface area contributed by atoms with E-state index in [1.54, 1.807) is 6.92 Å². The van der Waals surface area contributed by atoms with Crippen LogP contribution >= 0.6 is 0 Å². The van der Waals surface area contributed by atoms with Crippen molar-refractivity contribution in [3.05, 3.63) is 60.2 Å². The van der Waals surface area contributed by atoms with Gasteiger partial charge in [0.15, 0.2) is 0 Å². The Morgan fingerprint density at radius 2 is 1.83 bits per heavy atom. The third kappa shape index (κ3) is 5.01. The summed E-state index contributed by atoms with van der Waals surface area (Å²) < 4.78 is 12.4. The molecule has 2 aromatic rings. The lowest BCUT2D eigenvalue weighted by Gasteiger charge is -2.15. The highest BCUT2D eigenvalue weighted by molar-refractivity contribution is 7.84. The highest BCUT2D eigenvalue weighted by Crippen LogP contribution is 2.17. The second kappa shape index (κ2) is 8.04. The molecule has 0 bridgehead atoms. The van der Waals surface area contributed by atoms with Gasteiger partial charge in [0.2, 0.25) is 5.91 Å². The van der Waals surface area contributed by atoms with E-state index in [9.17, 15) is 9.00 Å². The average molecular weight is 330 g/mol. The molecule has 2 rings (SSSR count). The van der Waals surface area contributed by atoms with E-state index in [2.05, 4.69) is 5.32 Å². The van der Waals surface area contributed by atoms with Crippen LogP contribution in [0.3, 0.4) is 0 Å². The van der Waals surface area contributed by atoms with Crippen molar-refractivity contribution in [1.29, 1.82) is 0 Å². The van der Waals surface area contributed by atoms with Gasteiger partial charge >= 0.3 is 0 Å². The Kier molecular flexibility index (Phi) is 6.07. The van der Waals surface area contributed by atoms with E-state index in [0.717, 1.165) is 10.5 Å². The number of nitrogens with one attached hydrogen (secondary N) is 1. The predicted octanol–water partition coefficient (Wildman–Crippen LogP) is 2.92. The Hall–Kier alpha value is -1.98. The van der Waals surface area contributed by atoms with Crippen molar-refractivity contribution in [1.82, 2.24) is 0 Å². The van der Waals surface area contributed by atoms with Crippen LogP contribution < -0.4 is 11.1 Å². The zero-order valence-electron chi connectivity index (χ0n) is 13.4. The maximum atomic E-state index is 12.4. The topological polar surface area (TPSA) is 72.2 Å². The molecule has 0 aliphatic rings. The van der Waals surface area contributed by atoms with Gasteiger partial charge < -0.3 is 11.1 Å². The number of rotatable bonds is 6. The largest absolute Gasteiger partial charge is 0.327 e. The van der Waals surface area contributed by atoms with Crippen molar-refractivity contribution in [3.63, 3.8) is 0 Å². The van der Waals surface area contributed by atoms with Gasteiger partial charge in [0.25, 0.3) is 0 Å². The molecule has 0 heterocycles. The number of carbonyl (C=O) groups excluding carboxylic acids is 1. The number of hydrogen-bond donors (Lipinski definition) is 2. The van der Waals surface area contributed by atoms with Crippen molar-refractivity contribution in [3.8, 4) is 0 Å². The smallest absolute Gasteiger partial charge is 0.228 e. The van der Waals surface area contributed by atoms with E-state index in [0.29, 0.717) is 11.4 Å². The average Bonchev–Trinajstić information content (AvgIpc) is 2.55. The van der Waals surface area contributed by atoms with Crippen LogP contribution in [-0.2, 0) is 21.3 Å². The van der Waals surface area contributed by atoms with Crippen molar-refractivity contribution >= 4 is 22.4 Å². The van der Waals surface area contributed by atoms with E-state index >= 15 is 0 Å². The van der Waals surface area contributed by atoms with Crippen molar-refractivity contribution in [2.24, 2.45) is 11.7 Å². The van der Waals surface area contributed by atoms with Crippen LogP contribution in [-0.4, -0.2) is 16.2 Å². The summed E-state index contributed by atoms with van der Waals surface area (Å²) in [5, 5.41) is 2.86. The summed E-state index contributed by atoms with van der Waals surface area (Å²) in [4.78, 5) is 12.9. The lowest BCUT2D eigenvalue weighted by Crippen LogP contribution is -2.34. The van der Waals surface area contributed by atoms with Crippen LogP contribution in [0.4, 0.5) is 5.69 Å². The molecule has 2 aromatic carbocycles. The van der Waals surface area contributed by atoms with Crippen LogP contribution in [0, 0.1) is 5.92 Å². The SMILES string of the molecule is CC(N)C(C)C(=O)Nc1cccc(CS(=O)c2ccccc2)c1. The minimum absolute atomic E-state index is 0.110. The molecule has 0 aromatic heterocycles. The minimum Gasteiger partial charge on any atom is -0.327 e. The lowest BCUT2D eigenvalue weighted by molar-refractivity contribution is -0.119. The third-order valence-electron chi connectivity index (χ3n) is 3.70. The first-order valence-electron chi connectivity index (χ1n) is 7.56. The first-order valence-corrected chi connectivity index (χ1v) is 8.88. The van der Waals surface area contributed by atoms with Gasteiger partial charge in [-0.25, -0.2) is 0 Å². The van der Waals surface area contributed by atoms with Gasteiger partial charge in [0, 0.05) is 16.6 Å². The highest BCUT2D eigenvalue weighted by atomic mass is 32.2. The summed E-state index contributed by atoms with van der Waals surface area (Å²) in [5.41, 5.74) is 7.36. The number of benzene rings is 2. The quantitative estimate of drug-likeness (QED) is 0.855. The van der Waals surface area contributed by atoms with Gasteiger partial charge in [-0.2, -0.15) is 0 Å². The molecular formula is C18H22N2O2S. The van der Waals surface area contributed by atoms with Gasteiger partial charge in [-0.1, -0.05) is 37.3 Å². The number of anilines is 1. The summed E-state index contributed by atoms with van der Waals surface area (Å²) >= 11 is 0. The maximum absolute atomic E-state index is 12.4. The monoisotopic (exact) mass is 330 g/mol. The van der Waals surface area contributed by atoms with Gasteiger partial charge in [-0.05, 0) is 36.8 Å². The van der Waals surface area contributed by atoms with Gasteiger partial charge in [0.05, 0.1) is 22.5 Å². The molecule has 0 spiro atoms. The lowest BCUT2D eigenvalue weighted by atomic mass is 10.0. The molecule has 4 nitrogen and oxygen atoms in total. The van der Waals surface area contributed by atoms with Crippen LogP contribution in [0.1, 0.15) is 19.4 Å². The second-order valence-electron chi connectivity index (χ2n) is 5.64. The van der Waals surface area contributed by atoms with E-state index < -0.39 is 10.8 Å². The second-order valence-corrected chi connectivity index (χ2v) is 7.09. The fourth-order valence-corrected chi connectivity index (χ4v) is 3.15. The molecule has 1 amide bonds. The Labute approximate surface area is 139 Å². The molecule has 3 atom stereocenters. The number of amides is 1. The standard InChI is InChI=1S/C18H22N2O2S/c1-13(14(2)19)18(21)20-16-8-6-7-15(11-16)12-23(22)17-9-4-3-5-10-17/h3-11,13-14H,12,19H2,1-2H3,(H,20,21). The Morgan fingerprint density at radius 1 is 1.13 bits per heavy atom. The molecule has 0 radical (unpaired) electrons. The summed E-state index contributed by atoms with van der Waals surface area (Å²) in [6, 6.07) is 16.6. The normalized spacial score (nSPS) is 14.7. The molecule has 0 aliphatic carbocycles. The third-order valence-corrected chi connectivity index (χ3v) is 5.09. The fraction of sp³-hybridized carbons (Fsp3) is 0.278. The van der Waals surface area contributed by atoms with Crippen molar-refractivity contribution in [2.75, 3.05) is 5.32 Å².